The van der Waals surface area contributed by atoms with Gasteiger partial charge in [-0.3, -0.25) is 10.1 Å². The van der Waals surface area contributed by atoms with Gasteiger partial charge in [0.2, 0.25) is 0 Å². The molecule has 0 aromatic carbocycles. The molecule has 0 heterocycles. The smallest absolute Gasteiger partial charge is 0.323 e. The zero-order valence-corrected chi connectivity index (χ0v) is 12.9. The summed E-state index contributed by atoms with van der Waals surface area (Å²) in [6.07, 6.45) is 6.04. The molecule has 2 N–H and O–H groups in total. The number of hydrogen-bond donors (Lipinski definition) is 2. The van der Waals surface area contributed by atoms with E-state index in [1.165, 1.54) is 25.7 Å². The van der Waals surface area contributed by atoms with Gasteiger partial charge in [0.05, 0.1) is 0 Å². The van der Waals surface area contributed by atoms with Gasteiger partial charge in [0, 0.05) is 19.1 Å². The Morgan fingerprint density at radius 3 is 2.47 bits per heavy atom. The molecule has 1 rings (SSSR count). The summed E-state index contributed by atoms with van der Waals surface area (Å²) in [6, 6.07) is 0.182. The summed E-state index contributed by atoms with van der Waals surface area (Å²) in [5.41, 5.74) is -0.821. The molecular formula is C15H30N2O2. The SMILES string of the molecule is CC(C)NC(C)(CCN(C)CC1CCCC1)C(=O)O. The van der Waals surface area contributed by atoms with Gasteiger partial charge >= 0.3 is 5.97 Å². The molecule has 0 saturated heterocycles. The van der Waals surface area contributed by atoms with E-state index >= 15 is 0 Å². The molecule has 0 aliphatic heterocycles. The van der Waals surface area contributed by atoms with Crippen LogP contribution in [0.5, 0.6) is 0 Å². The maximum Gasteiger partial charge on any atom is 0.323 e. The minimum Gasteiger partial charge on any atom is -0.480 e. The van der Waals surface area contributed by atoms with Crippen LogP contribution in [0.4, 0.5) is 0 Å². The number of rotatable bonds is 8. The van der Waals surface area contributed by atoms with E-state index in [0.717, 1.165) is 19.0 Å². The molecule has 0 amide bonds. The molecule has 112 valence electrons. The summed E-state index contributed by atoms with van der Waals surface area (Å²) < 4.78 is 0. The molecule has 1 unspecified atom stereocenters. The highest BCUT2D eigenvalue weighted by Crippen LogP contribution is 2.25. The predicted molar refractivity (Wildman–Crippen MR) is 78.4 cm³/mol. The average Bonchev–Trinajstić information content (AvgIpc) is 2.78. The van der Waals surface area contributed by atoms with Crippen LogP contribution in [0.3, 0.4) is 0 Å². The molecule has 1 atom stereocenters. The molecule has 0 aromatic heterocycles. The molecule has 1 aliphatic rings. The van der Waals surface area contributed by atoms with Gasteiger partial charge in [0.25, 0.3) is 0 Å². The third-order valence-electron chi connectivity index (χ3n) is 4.12. The van der Waals surface area contributed by atoms with Gasteiger partial charge in [-0.05, 0) is 53.0 Å². The van der Waals surface area contributed by atoms with Crippen molar-refractivity contribution in [1.29, 1.82) is 0 Å². The normalized spacial score (nSPS) is 20.1. The van der Waals surface area contributed by atoms with Gasteiger partial charge in [-0.2, -0.15) is 0 Å². The second-order valence-electron chi connectivity index (χ2n) is 6.60. The van der Waals surface area contributed by atoms with Crippen molar-refractivity contribution >= 4 is 5.97 Å². The molecule has 0 radical (unpaired) electrons. The Morgan fingerprint density at radius 2 is 2.00 bits per heavy atom. The van der Waals surface area contributed by atoms with E-state index in [0.29, 0.717) is 6.42 Å². The van der Waals surface area contributed by atoms with E-state index in [-0.39, 0.29) is 6.04 Å². The summed E-state index contributed by atoms with van der Waals surface area (Å²) in [4.78, 5) is 13.7. The van der Waals surface area contributed by atoms with Gasteiger partial charge < -0.3 is 10.0 Å². The summed E-state index contributed by atoms with van der Waals surface area (Å²) in [7, 11) is 2.11. The first kappa shape index (κ1) is 16.4. The number of nitrogens with zero attached hydrogens (tertiary/aromatic N) is 1. The van der Waals surface area contributed by atoms with Crippen LogP contribution in [0, 0.1) is 5.92 Å². The highest BCUT2D eigenvalue weighted by Gasteiger charge is 2.33. The van der Waals surface area contributed by atoms with Crippen molar-refractivity contribution in [2.45, 2.75) is 64.5 Å². The van der Waals surface area contributed by atoms with Crippen molar-refractivity contribution in [3.63, 3.8) is 0 Å². The quantitative estimate of drug-likeness (QED) is 0.711. The lowest BCUT2D eigenvalue weighted by molar-refractivity contribution is -0.144. The van der Waals surface area contributed by atoms with Crippen LogP contribution < -0.4 is 5.32 Å². The molecular weight excluding hydrogens is 240 g/mol. The molecule has 1 saturated carbocycles. The molecule has 0 aromatic rings. The van der Waals surface area contributed by atoms with E-state index in [9.17, 15) is 9.90 Å². The van der Waals surface area contributed by atoms with Crippen molar-refractivity contribution in [3.05, 3.63) is 0 Å². The lowest BCUT2D eigenvalue weighted by Crippen LogP contribution is -2.53. The monoisotopic (exact) mass is 270 g/mol. The zero-order chi connectivity index (χ0) is 14.5. The van der Waals surface area contributed by atoms with Gasteiger partial charge in [-0.25, -0.2) is 0 Å². The highest BCUT2D eigenvalue weighted by molar-refractivity contribution is 5.78. The highest BCUT2D eigenvalue weighted by atomic mass is 16.4. The Morgan fingerprint density at radius 1 is 1.42 bits per heavy atom. The molecule has 0 bridgehead atoms. The van der Waals surface area contributed by atoms with Crippen molar-refractivity contribution in [2.24, 2.45) is 5.92 Å². The minimum atomic E-state index is -0.821. The van der Waals surface area contributed by atoms with Crippen LogP contribution in [0.2, 0.25) is 0 Å². The van der Waals surface area contributed by atoms with Crippen molar-refractivity contribution < 1.29 is 9.90 Å². The first-order valence-corrected chi connectivity index (χ1v) is 7.53. The Kier molecular flexibility index (Phi) is 6.27. The summed E-state index contributed by atoms with van der Waals surface area (Å²) in [6.45, 7) is 7.71. The molecule has 4 nitrogen and oxygen atoms in total. The van der Waals surface area contributed by atoms with Crippen LogP contribution in [0.1, 0.15) is 52.9 Å². The number of aliphatic carboxylic acids is 1. The largest absolute Gasteiger partial charge is 0.480 e. The fourth-order valence-corrected chi connectivity index (χ4v) is 3.02. The number of nitrogens with one attached hydrogen (secondary N) is 1. The Bertz CT molecular complexity index is 288. The lowest BCUT2D eigenvalue weighted by Gasteiger charge is -2.31. The minimum absolute atomic E-state index is 0.182. The number of hydrogen-bond acceptors (Lipinski definition) is 3. The number of carboxylic acid groups (broad SMARTS) is 1. The molecule has 1 aliphatic carbocycles. The molecule has 1 fully saturated rings. The summed E-state index contributed by atoms with van der Waals surface area (Å²) in [5.74, 6) is 0.0645. The van der Waals surface area contributed by atoms with Gasteiger partial charge in [-0.1, -0.05) is 12.8 Å². The maximum atomic E-state index is 11.4. The van der Waals surface area contributed by atoms with Gasteiger partial charge in [-0.15, -0.1) is 0 Å². The predicted octanol–water partition coefficient (Wildman–Crippen LogP) is 2.34. The van der Waals surface area contributed by atoms with E-state index in [1.807, 2.05) is 13.8 Å². The fraction of sp³-hybridized carbons (Fsp3) is 0.933. The third-order valence-corrected chi connectivity index (χ3v) is 4.12. The summed E-state index contributed by atoms with van der Waals surface area (Å²) >= 11 is 0. The third kappa shape index (κ3) is 5.49. The van der Waals surface area contributed by atoms with Crippen LogP contribution in [-0.2, 0) is 4.79 Å². The first-order valence-electron chi connectivity index (χ1n) is 7.53. The second kappa shape index (κ2) is 7.25. The first-order chi connectivity index (χ1) is 8.83. The number of carboxylic acids is 1. The average molecular weight is 270 g/mol. The number of carbonyl (C=O) groups is 1. The van der Waals surface area contributed by atoms with E-state index in [1.54, 1.807) is 6.92 Å². The maximum absolute atomic E-state index is 11.4. The molecule has 0 spiro atoms. The van der Waals surface area contributed by atoms with Crippen LogP contribution in [0.25, 0.3) is 0 Å². The Balaban J connectivity index is 2.39. The lowest BCUT2D eigenvalue weighted by atomic mass is 9.96. The van der Waals surface area contributed by atoms with Crippen molar-refractivity contribution in [3.8, 4) is 0 Å². The van der Waals surface area contributed by atoms with Crippen LogP contribution in [0.15, 0.2) is 0 Å². The van der Waals surface area contributed by atoms with Gasteiger partial charge in [0.1, 0.15) is 5.54 Å². The topological polar surface area (TPSA) is 52.6 Å². The Labute approximate surface area is 117 Å². The second-order valence-corrected chi connectivity index (χ2v) is 6.60. The van der Waals surface area contributed by atoms with Crippen LogP contribution >= 0.6 is 0 Å². The fourth-order valence-electron chi connectivity index (χ4n) is 3.02. The van der Waals surface area contributed by atoms with Crippen LogP contribution in [-0.4, -0.2) is 47.7 Å². The van der Waals surface area contributed by atoms with E-state index in [2.05, 4.69) is 17.3 Å². The molecule has 19 heavy (non-hydrogen) atoms. The van der Waals surface area contributed by atoms with Crippen molar-refractivity contribution in [2.75, 3.05) is 20.1 Å². The summed E-state index contributed by atoms with van der Waals surface area (Å²) in [5, 5.41) is 12.6. The van der Waals surface area contributed by atoms with Gasteiger partial charge in [0.15, 0.2) is 0 Å². The zero-order valence-electron chi connectivity index (χ0n) is 12.9. The van der Waals surface area contributed by atoms with E-state index < -0.39 is 11.5 Å². The van der Waals surface area contributed by atoms with E-state index in [4.69, 9.17) is 0 Å². The van der Waals surface area contributed by atoms with Crippen molar-refractivity contribution in [1.82, 2.24) is 10.2 Å². The molecule has 4 heteroatoms. The standard InChI is InChI=1S/C15H30N2O2/c1-12(2)16-15(3,14(18)19)9-10-17(4)11-13-7-5-6-8-13/h12-13,16H,5-11H2,1-4H3,(H,18,19). The Hall–Kier alpha value is -0.610.